The summed E-state index contributed by atoms with van der Waals surface area (Å²) >= 11 is 7.73. The Labute approximate surface area is 157 Å². The second kappa shape index (κ2) is 6.56. The molecule has 5 rings (SSSR count). The molecule has 5 aromatic rings. The minimum Gasteiger partial charge on any atom is -0.457 e. The molecule has 0 saturated carbocycles. The van der Waals surface area contributed by atoms with Crippen LogP contribution in [0, 0.1) is 0 Å². The lowest BCUT2D eigenvalue weighted by molar-refractivity contribution is 0.101. The van der Waals surface area contributed by atoms with Gasteiger partial charge in [-0.2, -0.15) is 0 Å². The quantitative estimate of drug-likeness (QED) is 0.259. The molecule has 0 amide bonds. The second-order valence-corrected chi connectivity index (χ2v) is 7.32. The Morgan fingerprint density at radius 3 is 2.15 bits per heavy atom. The molecule has 0 aliphatic rings. The van der Waals surface area contributed by atoms with E-state index in [0.29, 0.717) is 16.3 Å². The van der Waals surface area contributed by atoms with Crippen LogP contribution in [0.2, 0.25) is 5.02 Å². The number of carbonyl (C=O) groups excluding carboxylic acids is 1. The number of benzene rings is 3. The van der Waals surface area contributed by atoms with Crippen LogP contribution >= 0.6 is 22.9 Å². The number of fused-ring (bicyclic) bond motifs is 4. The van der Waals surface area contributed by atoms with Crippen molar-refractivity contribution in [1.82, 2.24) is 0 Å². The van der Waals surface area contributed by atoms with Crippen LogP contribution in [0.1, 0.15) is 17.3 Å². The monoisotopic (exact) mass is 380 g/mol. The molecule has 3 nitrogen and oxygen atoms in total. The van der Waals surface area contributed by atoms with Crippen LogP contribution in [0.3, 0.4) is 0 Å². The van der Waals surface area contributed by atoms with Crippen molar-refractivity contribution < 1.29 is 9.21 Å². The maximum Gasteiger partial charge on any atom is 0.197 e. The highest BCUT2D eigenvalue weighted by molar-refractivity contribution is 7.24. The van der Waals surface area contributed by atoms with Crippen molar-refractivity contribution >= 4 is 60.1 Å². The van der Waals surface area contributed by atoms with Crippen LogP contribution in [0.4, 0.5) is 0 Å². The van der Waals surface area contributed by atoms with Gasteiger partial charge in [0.15, 0.2) is 11.2 Å². The highest BCUT2D eigenvalue weighted by atomic mass is 35.5. The van der Waals surface area contributed by atoms with E-state index in [9.17, 15) is 9.59 Å². The molecule has 0 unspecified atom stereocenters. The largest absolute Gasteiger partial charge is 0.457 e. The van der Waals surface area contributed by atoms with E-state index in [-0.39, 0.29) is 16.2 Å². The molecule has 3 heterocycles. The van der Waals surface area contributed by atoms with Crippen molar-refractivity contribution in [3.05, 3.63) is 81.5 Å². The molecule has 3 aromatic heterocycles. The first-order valence-corrected chi connectivity index (χ1v) is 9.17. The molecule has 0 atom stereocenters. The zero-order valence-corrected chi connectivity index (χ0v) is 15.4. The standard InChI is InChI=1S/C15H9ClO2S.C6H4O/c1-8(17)9-6-7-12-13(14(9)16)15(18)10-4-2-3-5-11(10)19-12;1-2-6-4-3-5(1)7-6/h2-7H,1H3;1-4H. The van der Waals surface area contributed by atoms with E-state index in [2.05, 4.69) is 0 Å². The van der Waals surface area contributed by atoms with E-state index in [1.54, 1.807) is 18.2 Å². The van der Waals surface area contributed by atoms with Gasteiger partial charge in [-0.05, 0) is 55.5 Å². The predicted molar refractivity (Wildman–Crippen MR) is 108 cm³/mol. The maximum absolute atomic E-state index is 12.5. The molecular formula is C21H13ClO3S. The smallest absolute Gasteiger partial charge is 0.197 e. The van der Waals surface area contributed by atoms with E-state index in [4.69, 9.17) is 16.0 Å². The van der Waals surface area contributed by atoms with Gasteiger partial charge in [0.05, 0.1) is 10.4 Å². The maximum atomic E-state index is 12.5. The fourth-order valence-electron chi connectivity index (χ4n) is 2.84. The Kier molecular flexibility index (Phi) is 4.23. The Morgan fingerprint density at radius 2 is 1.58 bits per heavy atom. The summed E-state index contributed by atoms with van der Waals surface area (Å²) in [5, 5.41) is 1.35. The van der Waals surface area contributed by atoms with E-state index in [1.165, 1.54) is 18.3 Å². The minimum absolute atomic E-state index is 0.113. The molecule has 0 aliphatic carbocycles. The Balaban J connectivity index is 0.000000198. The van der Waals surface area contributed by atoms with E-state index in [1.807, 2.05) is 42.5 Å². The van der Waals surface area contributed by atoms with Crippen LogP contribution in [0.5, 0.6) is 0 Å². The topological polar surface area (TPSA) is 47.3 Å². The Morgan fingerprint density at radius 1 is 0.923 bits per heavy atom. The van der Waals surface area contributed by atoms with Gasteiger partial charge in [0.1, 0.15) is 11.2 Å². The van der Waals surface area contributed by atoms with Crippen LogP contribution in [-0.2, 0) is 0 Å². The normalized spacial score (nSPS) is 11.0. The van der Waals surface area contributed by atoms with Gasteiger partial charge < -0.3 is 4.42 Å². The number of hydrogen-bond acceptors (Lipinski definition) is 4. The molecular weight excluding hydrogens is 368 g/mol. The van der Waals surface area contributed by atoms with Gasteiger partial charge in [-0.25, -0.2) is 0 Å². The third-order valence-electron chi connectivity index (χ3n) is 4.12. The zero-order valence-electron chi connectivity index (χ0n) is 13.8. The van der Waals surface area contributed by atoms with Crippen molar-refractivity contribution in [2.24, 2.45) is 0 Å². The second-order valence-electron chi connectivity index (χ2n) is 5.86. The summed E-state index contributed by atoms with van der Waals surface area (Å²) in [5.74, 6) is -0.135. The molecule has 128 valence electrons. The predicted octanol–water partition coefficient (Wildman–Crippen LogP) is 6.14. The van der Waals surface area contributed by atoms with Gasteiger partial charge >= 0.3 is 0 Å². The van der Waals surface area contributed by atoms with Crippen molar-refractivity contribution in [3.8, 4) is 0 Å². The van der Waals surface area contributed by atoms with Gasteiger partial charge in [0, 0.05) is 20.3 Å². The first kappa shape index (κ1) is 16.8. The average Bonchev–Trinajstić information content (AvgIpc) is 3.28. The van der Waals surface area contributed by atoms with Crippen molar-refractivity contribution in [3.63, 3.8) is 0 Å². The fraction of sp³-hybridized carbons (Fsp3) is 0.0476. The summed E-state index contributed by atoms with van der Waals surface area (Å²) in [6, 6.07) is 18.7. The molecule has 0 aliphatic heterocycles. The van der Waals surface area contributed by atoms with E-state index >= 15 is 0 Å². The summed E-state index contributed by atoms with van der Waals surface area (Å²) < 4.78 is 6.81. The number of rotatable bonds is 1. The van der Waals surface area contributed by atoms with Crippen LogP contribution in [-0.4, -0.2) is 5.78 Å². The van der Waals surface area contributed by atoms with Crippen LogP contribution < -0.4 is 5.43 Å². The summed E-state index contributed by atoms with van der Waals surface area (Å²) in [6.45, 7) is 1.45. The molecule has 0 radical (unpaired) electrons. The number of furan rings is 2. The molecule has 2 bridgehead atoms. The van der Waals surface area contributed by atoms with Gasteiger partial charge in [0.2, 0.25) is 0 Å². The Bertz CT molecular complexity index is 1250. The first-order valence-electron chi connectivity index (χ1n) is 7.97. The molecule has 2 aromatic carbocycles. The zero-order chi connectivity index (χ0) is 18.3. The molecule has 0 spiro atoms. The molecule has 0 fully saturated rings. The molecule has 5 heteroatoms. The van der Waals surface area contributed by atoms with Gasteiger partial charge in [-0.1, -0.05) is 23.7 Å². The third kappa shape index (κ3) is 2.87. The number of carbonyl (C=O) groups is 1. The SMILES string of the molecule is CC(=O)c1ccc2sc3ccccc3c(=O)c2c1Cl.c1cc2ccc1o2. The van der Waals surface area contributed by atoms with Crippen LogP contribution in [0.15, 0.2) is 69.9 Å². The lowest BCUT2D eigenvalue weighted by Crippen LogP contribution is -2.04. The number of ketones is 1. The van der Waals surface area contributed by atoms with Crippen LogP contribution in [0.25, 0.3) is 31.3 Å². The average molecular weight is 381 g/mol. The molecule has 26 heavy (non-hydrogen) atoms. The van der Waals surface area contributed by atoms with Gasteiger partial charge in [-0.3, -0.25) is 9.59 Å². The van der Waals surface area contributed by atoms with Crippen molar-refractivity contribution in [1.29, 1.82) is 0 Å². The Hall–Kier alpha value is -2.69. The summed E-state index contributed by atoms with van der Waals surface area (Å²) in [6.07, 6.45) is 0. The lowest BCUT2D eigenvalue weighted by Gasteiger charge is -2.05. The molecule has 0 saturated heterocycles. The molecule has 0 N–H and O–H groups in total. The summed E-state index contributed by atoms with van der Waals surface area (Å²) in [5.41, 5.74) is 2.22. The van der Waals surface area contributed by atoms with Crippen molar-refractivity contribution in [2.75, 3.05) is 0 Å². The minimum atomic E-state index is -0.135. The highest BCUT2D eigenvalue weighted by Crippen LogP contribution is 2.31. The number of Topliss-reactive ketones (excluding diaryl/α,β-unsaturated/α-hetero) is 1. The lowest BCUT2D eigenvalue weighted by atomic mass is 10.1. The van der Waals surface area contributed by atoms with E-state index in [0.717, 1.165) is 20.6 Å². The highest BCUT2D eigenvalue weighted by Gasteiger charge is 2.14. The van der Waals surface area contributed by atoms with E-state index < -0.39 is 0 Å². The first-order chi connectivity index (χ1) is 12.5. The summed E-state index contributed by atoms with van der Waals surface area (Å²) in [7, 11) is 0. The number of hydrogen-bond donors (Lipinski definition) is 0. The fourth-order valence-corrected chi connectivity index (χ4v) is 4.36. The van der Waals surface area contributed by atoms with Gasteiger partial charge in [0.25, 0.3) is 0 Å². The summed E-state index contributed by atoms with van der Waals surface area (Å²) in [4.78, 5) is 24.0. The third-order valence-corrected chi connectivity index (χ3v) is 5.65. The van der Waals surface area contributed by atoms with Gasteiger partial charge in [-0.15, -0.1) is 11.3 Å². The van der Waals surface area contributed by atoms with Crippen molar-refractivity contribution in [2.45, 2.75) is 6.92 Å². The number of halogens is 1.